The average Bonchev–Trinajstić information content (AvgIpc) is 3.02. The molecule has 0 radical (unpaired) electrons. The minimum Gasteiger partial charge on any atom is -0.320 e. The van der Waals surface area contributed by atoms with Crippen LogP contribution < -0.4 is 5.32 Å². The number of carbonyl (C=O) groups excluding carboxylic acids is 1. The van der Waals surface area contributed by atoms with Gasteiger partial charge in [0.2, 0.25) is 0 Å². The fourth-order valence-corrected chi connectivity index (χ4v) is 3.63. The highest BCUT2D eigenvalue weighted by atomic mass is 16.1. The number of aldehydes is 1. The Morgan fingerprint density at radius 3 is 1.98 bits per heavy atom. The molecule has 3 aromatic carbocycles. The molecule has 0 aliphatic carbocycles. The number of aromatic nitrogens is 2. The average molecular weight is 587 g/mol. The second-order valence-electron chi connectivity index (χ2n) is 10.7. The van der Waals surface area contributed by atoms with Crippen LogP contribution in [0.3, 0.4) is 0 Å². The van der Waals surface area contributed by atoms with Gasteiger partial charge in [-0.05, 0) is 70.6 Å². The second-order valence-corrected chi connectivity index (χ2v) is 10.7. The number of aryl methyl sites for hydroxylation is 1. The highest BCUT2D eigenvalue weighted by Crippen LogP contribution is 2.15. The molecule has 0 aliphatic rings. The summed E-state index contributed by atoms with van der Waals surface area (Å²) in [5.41, 5.74) is 5.17. The van der Waals surface area contributed by atoms with E-state index in [0.717, 1.165) is 65.3 Å². The molecule has 0 atom stereocenters. The third-order valence-electron chi connectivity index (χ3n) is 6.31. The zero-order valence-corrected chi connectivity index (χ0v) is 28.7. The normalized spacial score (nSPS) is 9.86. The van der Waals surface area contributed by atoms with Crippen molar-refractivity contribution in [1.82, 2.24) is 20.2 Å². The lowest BCUT2D eigenvalue weighted by Crippen LogP contribution is -2.13. The molecule has 43 heavy (non-hydrogen) atoms. The standard InChI is InChI=1S/C14H12O.C12H15N3.C5H13N.C5H12.C2H6/c15-11-14-9-5-4-8-13(14)10-12-6-2-1-3-7-12;1-9-10-6-4-5-7-11(10)14-12(13-9)8-15(2)3;1-3-4-5-6-2;1-4-5(2)3;1-2/h1-9,11H,10H2;4-7H,8H2,1-3H3;6H,3-5H2,1-2H3;5H,4H2,1-3H3;1-2H3. The maximum Gasteiger partial charge on any atom is 0.150 e. The van der Waals surface area contributed by atoms with Gasteiger partial charge in [0, 0.05) is 16.6 Å². The van der Waals surface area contributed by atoms with E-state index < -0.39 is 0 Å². The molecule has 0 bridgehead atoms. The van der Waals surface area contributed by atoms with Crippen LogP contribution in [0.2, 0.25) is 0 Å². The molecular formula is C38H58N4O. The van der Waals surface area contributed by atoms with E-state index in [1.807, 2.05) is 103 Å². The fourth-order valence-electron chi connectivity index (χ4n) is 3.63. The van der Waals surface area contributed by atoms with Gasteiger partial charge in [-0.25, -0.2) is 9.97 Å². The lowest BCUT2D eigenvalue weighted by molar-refractivity contribution is 0.112. The summed E-state index contributed by atoms with van der Waals surface area (Å²) in [5, 5.41) is 4.21. The lowest BCUT2D eigenvalue weighted by atomic mass is 10.0. The van der Waals surface area contributed by atoms with E-state index in [1.165, 1.54) is 24.8 Å². The number of rotatable bonds is 9. The minimum atomic E-state index is 0.779. The van der Waals surface area contributed by atoms with Crippen LogP contribution in [-0.4, -0.2) is 48.8 Å². The molecule has 4 aromatic rings. The number of carbonyl (C=O) groups is 1. The van der Waals surface area contributed by atoms with Crippen LogP contribution in [0, 0.1) is 12.8 Å². The van der Waals surface area contributed by atoms with Crippen molar-refractivity contribution in [3.05, 3.63) is 107 Å². The number of nitrogens with one attached hydrogen (secondary N) is 1. The zero-order chi connectivity index (χ0) is 32.5. The fraction of sp³-hybridized carbons (Fsp3) is 0.447. The molecular weight excluding hydrogens is 528 g/mol. The molecule has 0 spiro atoms. The maximum atomic E-state index is 10.8. The van der Waals surface area contributed by atoms with Crippen molar-refractivity contribution in [2.24, 2.45) is 5.92 Å². The Bertz CT molecular complexity index is 1240. The predicted octanol–water partition coefficient (Wildman–Crippen LogP) is 9.17. The third-order valence-corrected chi connectivity index (χ3v) is 6.31. The van der Waals surface area contributed by atoms with Crippen molar-refractivity contribution < 1.29 is 4.79 Å². The van der Waals surface area contributed by atoms with E-state index in [-0.39, 0.29) is 0 Å². The van der Waals surface area contributed by atoms with Crippen molar-refractivity contribution in [3.8, 4) is 0 Å². The number of unbranched alkanes of at least 4 members (excludes halogenated alkanes) is 1. The largest absolute Gasteiger partial charge is 0.320 e. The van der Waals surface area contributed by atoms with E-state index in [0.29, 0.717) is 0 Å². The molecule has 1 heterocycles. The third kappa shape index (κ3) is 18.0. The monoisotopic (exact) mass is 586 g/mol. The quantitative estimate of drug-likeness (QED) is 0.156. The number of hydrogen-bond donors (Lipinski definition) is 1. The number of para-hydroxylation sites is 1. The Morgan fingerprint density at radius 2 is 1.44 bits per heavy atom. The molecule has 1 aromatic heterocycles. The Balaban J connectivity index is 0.000000591. The molecule has 0 aliphatic heterocycles. The van der Waals surface area contributed by atoms with Crippen molar-refractivity contribution in [1.29, 1.82) is 0 Å². The van der Waals surface area contributed by atoms with Crippen LogP contribution in [0.15, 0.2) is 78.9 Å². The van der Waals surface area contributed by atoms with Gasteiger partial charge in [0.15, 0.2) is 0 Å². The van der Waals surface area contributed by atoms with Crippen LogP contribution >= 0.6 is 0 Å². The van der Waals surface area contributed by atoms with Crippen LogP contribution in [0.5, 0.6) is 0 Å². The van der Waals surface area contributed by atoms with Crippen molar-refractivity contribution in [2.45, 2.75) is 80.7 Å². The van der Waals surface area contributed by atoms with Crippen molar-refractivity contribution in [3.63, 3.8) is 0 Å². The zero-order valence-electron chi connectivity index (χ0n) is 28.7. The smallest absolute Gasteiger partial charge is 0.150 e. The van der Waals surface area contributed by atoms with Gasteiger partial charge in [-0.1, -0.05) is 127 Å². The highest BCUT2D eigenvalue weighted by molar-refractivity contribution is 5.80. The van der Waals surface area contributed by atoms with Crippen LogP contribution in [0.25, 0.3) is 10.9 Å². The highest BCUT2D eigenvalue weighted by Gasteiger charge is 2.04. The van der Waals surface area contributed by atoms with Gasteiger partial charge in [0.1, 0.15) is 12.1 Å². The maximum absolute atomic E-state index is 10.8. The molecule has 4 rings (SSSR count). The van der Waals surface area contributed by atoms with Gasteiger partial charge >= 0.3 is 0 Å². The number of nitrogens with zero attached hydrogens (tertiary/aromatic N) is 3. The summed E-state index contributed by atoms with van der Waals surface area (Å²) in [6, 6.07) is 26.0. The molecule has 236 valence electrons. The Kier molecular flexibility index (Phi) is 23.1. The molecule has 5 heteroatoms. The summed E-state index contributed by atoms with van der Waals surface area (Å²) in [7, 11) is 6.03. The van der Waals surface area contributed by atoms with Gasteiger partial charge in [-0.2, -0.15) is 0 Å². The van der Waals surface area contributed by atoms with Gasteiger partial charge in [0.25, 0.3) is 0 Å². The number of benzene rings is 3. The molecule has 0 saturated carbocycles. The summed E-state index contributed by atoms with van der Waals surface area (Å²) in [6.45, 7) is 16.8. The Hall–Kier alpha value is -3.41. The van der Waals surface area contributed by atoms with E-state index in [9.17, 15) is 4.79 Å². The van der Waals surface area contributed by atoms with Crippen molar-refractivity contribution >= 4 is 17.2 Å². The van der Waals surface area contributed by atoms with Crippen LogP contribution in [-0.2, 0) is 13.0 Å². The van der Waals surface area contributed by atoms with Gasteiger partial charge in [-0.3, -0.25) is 4.79 Å². The summed E-state index contributed by atoms with van der Waals surface area (Å²) in [4.78, 5) is 21.9. The molecule has 0 saturated heterocycles. The van der Waals surface area contributed by atoms with E-state index in [4.69, 9.17) is 0 Å². The van der Waals surface area contributed by atoms with Crippen LogP contribution in [0.1, 0.15) is 93.8 Å². The van der Waals surface area contributed by atoms with Gasteiger partial charge in [0.05, 0.1) is 12.1 Å². The van der Waals surface area contributed by atoms with Crippen molar-refractivity contribution in [2.75, 3.05) is 27.7 Å². The summed E-state index contributed by atoms with van der Waals surface area (Å²) in [5.74, 6) is 1.77. The first kappa shape index (κ1) is 39.6. The number of hydrogen-bond acceptors (Lipinski definition) is 5. The first-order chi connectivity index (χ1) is 20.7. The van der Waals surface area contributed by atoms with E-state index in [2.05, 4.69) is 66.1 Å². The van der Waals surface area contributed by atoms with Gasteiger partial charge < -0.3 is 10.2 Å². The van der Waals surface area contributed by atoms with Crippen LogP contribution in [0.4, 0.5) is 0 Å². The number of fused-ring (bicyclic) bond motifs is 1. The Labute approximate surface area is 263 Å². The minimum absolute atomic E-state index is 0.779. The molecule has 0 amide bonds. The lowest BCUT2D eigenvalue weighted by Gasteiger charge is -2.09. The first-order valence-electron chi connectivity index (χ1n) is 15.8. The van der Waals surface area contributed by atoms with E-state index in [1.54, 1.807) is 0 Å². The van der Waals surface area contributed by atoms with Gasteiger partial charge in [-0.15, -0.1) is 0 Å². The predicted molar refractivity (Wildman–Crippen MR) is 188 cm³/mol. The second kappa shape index (κ2) is 25.1. The molecule has 1 N–H and O–H groups in total. The molecule has 0 unspecified atom stereocenters. The summed E-state index contributed by atoms with van der Waals surface area (Å²) < 4.78 is 0. The first-order valence-corrected chi connectivity index (χ1v) is 15.8. The Morgan fingerprint density at radius 1 is 0.860 bits per heavy atom. The topological polar surface area (TPSA) is 58.1 Å². The van der Waals surface area contributed by atoms with E-state index >= 15 is 0 Å². The molecule has 5 nitrogen and oxygen atoms in total. The molecule has 0 fully saturated rings. The summed E-state index contributed by atoms with van der Waals surface area (Å²) in [6.07, 6.45) is 5.63. The summed E-state index contributed by atoms with van der Waals surface area (Å²) >= 11 is 0. The SMILES string of the molecule is CC.CCC(C)C.CCCCNC.Cc1nc(CN(C)C)nc2ccccc12.O=Cc1ccccc1Cc1ccccc1.